The molecule has 1 atom stereocenters. The number of thiophene rings is 1. The zero-order valence-corrected chi connectivity index (χ0v) is 15.4. The molecule has 0 spiro atoms. The molecule has 130 valence electrons. The van der Waals surface area contributed by atoms with E-state index in [1.807, 2.05) is 38.3 Å². The van der Waals surface area contributed by atoms with E-state index in [0.717, 1.165) is 30.6 Å². The van der Waals surface area contributed by atoms with Crippen molar-refractivity contribution >= 4 is 23.0 Å². The van der Waals surface area contributed by atoms with Gasteiger partial charge in [0.05, 0.1) is 11.6 Å². The van der Waals surface area contributed by atoms with Crippen LogP contribution in [0, 0.1) is 5.41 Å². The van der Waals surface area contributed by atoms with Gasteiger partial charge < -0.3 is 10.0 Å². The molecule has 0 bridgehead atoms. The van der Waals surface area contributed by atoms with E-state index < -0.39 is 11.5 Å². The monoisotopic (exact) mass is 347 g/mol. The summed E-state index contributed by atoms with van der Waals surface area (Å²) < 4.78 is 0. The minimum atomic E-state index is -0.637. The summed E-state index contributed by atoms with van der Waals surface area (Å²) >= 11 is 1.53. The van der Waals surface area contributed by atoms with E-state index in [1.54, 1.807) is 4.90 Å². The molecule has 24 heavy (non-hydrogen) atoms. The second kappa shape index (κ2) is 6.36. The first-order valence-electron chi connectivity index (χ1n) is 8.66. The quantitative estimate of drug-likeness (QED) is 0.882. The molecule has 1 aromatic heterocycles. The van der Waals surface area contributed by atoms with Crippen LogP contribution >= 0.6 is 11.3 Å². The van der Waals surface area contributed by atoms with Gasteiger partial charge in [-0.05, 0) is 24.3 Å². The van der Waals surface area contributed by atoms with E-state index >= 15 is 0 Å². The minimum absolute atomic E-state index is 0.103. The number of carbonyl (C=O) groups excluding carboxylic acids is 2. The average Bonchev–Trinajstić information content (AvgIpc) is 3.14. The van der Waals surface area contributed by atoms with Crippen LogP contribution in [0.1, 0.15) is 63.8 Å². The predicted molar refractivity (Wildman–Crippen MR) is 94.9 cm³/mol. The first-order chi connectivity index (χ1) is 11.3. The smallest absolute Gasteiger partial charge is 0.290 e. The number of Topliss-reactive ketones (excluding diaryl/α,β-unsaturated/α-hetero) is 1. The fourth-order valence-electron chi connectivity index (χ4n) is 3.72. The van der Waals surface area contributed by atoms with Crippen LogP contribution in [0.15, 0.2) is 28.8 Å². The summed E-state index contributed by atoms with van der Waals surface area (Å²) in [7, 11) is 0. The van der Waals surface area contributed by atoms with Crippen molar-refractivity contribution in [1.82, 2.24) is 4.90 Å². The van der Waals surface area contributed by atoms with Crippen LogP contribution in [0.3, 0.4) is 0 Å². The Morgan fingerprint density at radius 1 is 1.25 bits per heavy atom. The van der Waals surface area contributed by atoms with E-state index in [2.05, 4.69) is 0 Å². The second-order valence-corrected chi connectivity index (χ2v) is 8.74. The summed E-state index contributed by atoms with van der Waals surface area (Å²) in [5, 5.41) is 12.5. The van der Waals surface area contributed by atoms with Gasteiger partial charge in [-0.25, -0.2) is 0 Å². The fraction of sp³-hybridized carbons (Fsp3) is 0.579. The molecule has 3 rings (SSSR count). The second-order valence-electron chi connectivity index (χ2n) is 7.76. The molecule has 5 heteroatoms. The van der Waals surface area contributed by atoms with Gasteiger partial charge in [-0.15, -0.1) is 11.3 Å². The van der Waals surface area contributed by atoms with Crippen molar-refractivity contribution in [3.8, 4) is 0 Å². The van der Waals surface area contributed by atoms with Crippen molar-refractivity contribution in [2.24, 2.45) is 5.41 Å². The van der Waals surface area contributed by atoms with E-state index in [1.165, 1.54) is 17.8 Å². The lowest BCUT2D eigenvalue weighted by Crippen LogP contribution is -2.41. The molecule has 1 aromatic rings. The molecule has 4 nitrogen and oxygen atoms in total. The van der Waals surface area contributed by atoms with Crippen molar-refractivity contribution < 1.29 is 14.7 Å². The fourth-order valence-corrected chi connectivity index (χ4v) is 4.55. The van der Waals surface area contributed by atoms with E-state index in [4.69, 9.17) is 0 Å². The summed E-state index contributed by atoms with van der Waals surface area (Å²) in [4.78, 5) is 28.5. The Morgan fingerprint density at radius 3 is 2.46 bits per heavy atom. The lowest BCUT2D eigenvalue weighted by atomic mass is 9.83. The molecule has 2 aliphatic rings. The highest BCUT2D eigenvalue weighted by molar-refractivity contribution is 7.10. The summed E-state index contributed by atoms with van der Waals surface area (Å²) in [6.07, 6.45) is 5.26. The summed E-state index contributed by atoms with van der Waals surface area (Å²) in [6.45, 7) is 5.48. The third-order valence-corrected chi connectivity index (χ3v) is 5.88. The number of carbonyl (C=O) groups is 2. The highest BCUT2D eigenvalue weighted by Crippen LogP contribution is 2.45. The molecule has 1 aliphatic heterocycles. The van der Waals surface area contributed by atoms with Gasteiger partial charge in [0, 0.05) is 16.3 Å². The zero-order chi connectivity index (χ0) is 17.5. The van der Waals surface area contributed by atoms with Gasteiger partial charge in [-0.2, -0.15) is 0 Å². The SMILES string of the molecule is CC(C)(C)C(=O)C1=C(O)C(=O)N(C2CCCCC2)C1c1cccs1. The van der Waals surface area contributed by atoms with E-state index in [9.17, 15) is 14.7 Å². The lowest BCUT2D eigenvalue weighted by Gasteiger charge is -2.36. The number of rotatable bonds is 3. The standard InChI is InChI=1S/C19H25NO3S/c1-19(2,3)17(22)14-15(13-10-7-11-24-13)20(18(23)16(14)21)12-8-5-4-6-9-12/h7,10-12,15,21H,4-6,8-9H2,1-3H3. The number of aliphatic hydroxyl groups is 1. The summed E-state index contributed by atoms with van der Waals surface area (Å²) in [6, 6.07) is 3.54. The van der Waals surface area contributed by atoms with Gasteiger partial charge >= 0.3 is 0 Å². The number of amides is 1. The van der Waals surface area contributed by atoms with Crippen molar-refractivity contribution in [1.29, 1.82) is 0 Å². The minimum Gasteiger partial charge on any atom is -0.503 e. The number of hydrogen-bond acceptors (Lipinski definition) is 4. The molecule has 0 aromatic carbocycles. The zero-order valence-electron chi connectivity index (χ0n) is 14.5. The molecule has 1 N–H and O–H groups in total. The van der Waals surface area contributed by atoms with E-state index in [-0.39, 0.29) is 29.1 Å². The van der Waals surface area contributed by atoms with Crippen molar-refractivity contribution in [2.45, 2.75) is 65.0 Å². The van der Waals surface area contributed by atoms with Gasteiger partial charge in [-0.1, -0.05) is 46.1 Å². The molecule has 1 unspecified atom stereocenters. The average molecular weight is 347 g/mol. The van der Waals surface area contributed by atoms with Crippen LogP contribution in [0.25, 0.3) is 0 Å². The Balaban J connectivity index is 2.06. The Morgan fingerprint density at radius 2 is 1.92 bits per heavy atom. The van der Waals surface area contributed by atoms with Gasteiger partial charge in [-0.3, -0.25) is 9.59 Å². The maximum atomic E-state index is 13.0. The van der Waals surface area contributed by atoms with Crippen LogP contribution in [-0.4, -0.2) is 27.7 Å². The molecule has 2 heterocycles. The molecular formula is C19H25NO3S. The van der Waals surface area contributed by atoms with Gasteiger partial charge in [0.25, 0.3) is 5.91 Å². The largest absolute Gasteiger partial charge is 0.503 e. The lowest BCUT2D eigenvalue weighted by molar-refractivity contribution is -0.132. The third kappa shape index (κ3) is 2.90. The number of hydrogen-bond donors (Lipinski definition) is 1. The topological polar surface area (TPSA) is 57.6 Å². The molecule has 0 radical (unpaired) electrons. The molecular weight excluding hydrogens is 322 g/mol. The predicted octanol–water partition coefficient (Wildman–Crippen LogP) is 4.39. The van der Waals surface area contributed by atoms with Gasteiger partial charge in [0.1, 0.15) is 0 Å². The maximum Gasteiger partial charge on any atom is 0.290 e. The molecule has 1 saturated carbocycles. The molecule has 1 amide bonds. The summed E-state index contributed by atoms with van der Waals surface area (Å²) in [5.41, 5.74) is -0.359. The Kier molecular flexibility index (Phi) is 4.56. The number of nitrogens with zero attached hydrogens (tertiary/aromatic N) is 1. The van der Waals surface area contributed by atoms with Crippen LogP contribution in [0.5, 0.6) is 0 Å². The Hall–Kier alpha value is -1.62. The maximum absolute atomic E-state index is 13.0. The first kappa shape index (κ1) is 17.2. The van der Waals surface area contributed by atoms with Crippen molar-refractivity contribution in [2.75, 3.05) is 0 Å². The summed E-state index contributed by atoms with van der Waals surface area (Å²) in [5.74, 6) is -0.878. The Labute approximate surface area is 147 Å². The third-order valence-electron chi connectivity index (χ3n) is 4.95. The number of ketones is 1. The van der Waals surface area contributed by atoms with Crippen molar-refractivity contribution in [3.05, 3.63) is 33.7 Å². The van der Waals surface area contributed by atoms with Crippen LogP contribution in [-0.2, 0) is 9.59 Å². The number of aliphatic hydroxyl groups excluding tert-OH is 1. The molecule has 0 saturated heterocycles. The first-order valence-corrected chi connectivity index (χ1v) is 9.54. The van der Waals surface area contributed by atoms with E-state index in [0.29, 0.717) is 0 Å². The van der Waals surface area contributed by atoms with Crippen LogP contribution < -0.4 is 0 Å². The van der Waals surface area contributed by atoms with Gasteiger partial charge in [0.2, 0.25) is 0 Å². The van der Waals surface area contributed by atoms with Crippen LogP contribution in [0.2, 0.25) is 0 Å². The highest BCUT2D eigenvalue weighted by Gasteiger charge is 2.48. The van der Waals surface area contributed by atoms with Gasteiger partial charge in [0.15, 0.2) is 11.5 Å². The molecule has 1 fully saturated rings. The molecule has 1 aliphatic carbocycles. The van der Waals surface area contributed by atoms with Crippen molar-refractivity contribution in [3.63, 3.8) is 0 Å². The van der Waals surface area contributed by atoms with Crippen LogP contribution in [0.4, 0.5) is 0 Å². The highest BCUT2D eigenvalue weighted by atomic mass is 32.1. The normalized spacial score (nSPS) is 23.2. The Bertz CT molecular complexity index is 663.